The molecule has 0 spiro atoms. The van der Waals surface area contributed by atoms with Crippen molar-refractivity contribution in [2.24, 2.45) is 0 Å². The van der Waals surface area contributed by atoms with E-state index in [9.17, 15) is 13.2 Å². The van der Waals surface area contributed by atoms with Crippen molar-refractivity contribution >= 4 is 17.3 Å². The normalized spacial score (nSPS) is 11.4. The average molecular weight is 288 g/mol. The number of ether oxygens (including phenoxy) is 1. The third-order valence-corrected chi connectivity index (χ3v) is 2.75. The molecule has 0 radical (unpaired) electrons. The molecule has 0 amide bonds. The third-order valence-electron chi connectivity index (χ3n) is 2.42. The highest BCUT2D eigenvalue weighted by Crippen LogP contribution is 2.35. The van der Waals surface area contributed by atoms with Crippen LogP contribution in [0, 0.1) is 0 Å². The Bertz CT molecular complexity index is 599. The Morgan fingerprint density at radius 1 is 1.05 bits per heavy atom. The van der Waals surface area contributed by atoms with Crippen molar-refractivity contribution in [2.45, 2.75) is 6.36 Å². The van der Waals surface area contributed by atoms with Gasteiger partial charge in [-0.05, 0) is 23.8 Å². The molecule has 19 heavy (non-hydrogen) atoms. The third kappa shape index (κ3) is 3.32. The van der Waals surface area contributed by atoms with Crippen LogP contribution in [0.4, 0.5) is 18.9 Å². The number of halogens is 4. The molecule has 0 aliphatic carbocycles. The van der Waals surface area contributed by atoms with Crippen molar-refractivity contribution in [1.82, 2.24) is 0 Å². The van der Waals surface area contributed by atoms with E-state index in [0.717, 1.165) is 0 Å². The maximum absolute atomic E-state index is 12.3. The molecular weight excluding hydrogens is 279 g/mol. The molecule has 0 aromatic heterocycles. The van der Waals surface area contributed by atoms with E-state index in [1.54, 1.807) is 12.1 Å². The smallest absolute Gasteiger partial charge is 0.405 e. The van der Waals surface area contributed by atoms with Crippen LogP contribution < -0.4 is 10.5 Å². The summed E-state index contributed by atoms with van der Waals surface area (Å²) in [7, 11) is 0. The Labute approximate surface area is 112 Å². The van der Waals surface area contributed by atoms with E-state index >= 15 is 0 Å². The van der Waals surface area contributed by atoms with E-state index in [4.69, 9.17) is 17.3 Å². The van der Waals surface area contributed by atoms with E-state index < -0.39 is 6.36 Å². The van der Waals surface area contributed by atoms with Crippen LogP contribution in [0.5, 0.6) is 5.75 Å². The number of alkyl halides is 3. The molecular formula is C13H9ClF3NO. The van der Waals surface area contributed by atoms with E-state index in [-0.39, 0.29) is 10.8 Å². The van der Waals surface area contributed by atoms with E-state index in [0.29, 0.717) is 16.8 Å². The van der Waals surface area contributed by atoms with Crippen LogP contribution in [0.3, 0.4) is 0 Å². The van der Waals surface area contributed by atoms with Crippen LogP contribution >= 0.6 is 11.6 Å². The predicted octanol–water partition coefficient (Wildman–Crippen LogP) is 4.49. The van der Waals surface area contributed by atoms with Crippen LogP contribution in [0.2, 0.25) is 5.02 Å². The summed E-state index contributed by atoms with van der Waals surface area (Å²) in [5.74, 6) is -0.282. The zero-order chi connectivity index (χ0) is 14.0. The van der Waals surface area contributed by atoms with Crippen molar-refractivity contribution in [3.05, 3.63) is 47.5 Å². The molecule has 6 heteroatoms. The number of nitrogen functional groups attached to an aromatic ring is 1. The first-order valence-electron chi connectivity index (χ1n) is 5.27. The summed E-state index contributed by atoms with van der Waals surface area (Å²) in [4.78, 5) is 0. The lowest BCUT2D eigenvalue weighted by molar-refractivity contribution is -0.274. The van der Waals surface area contributed by atoms with Gasteiger partial charge < -0.3 is 10.5 Å². The Hall–Kier alpha value is -1.88. The zero-order valence-corrected chi connectivity index (χ0v) is 10.3. The minimum atomic E-state index is -4.74. The van der Waals surface area contributed by atoms with Crippen LogP contribution in [0.15, 0.2) is 42.5 Å². The van der Waals surface area contributed by atoms with Gasteiger partial charge >= 0.3 is 6.36 Å². The number of hydrogen-bond donors (Lipinski definition) is 1. The van der Waals surface area contributed by atoms with Gasteiger partial charge in [0.2, 0.25) is 0 Å². The van der Waals surface area contributed by atoms with Gasteiger partial charge in [-0.3, -0.25) is 0 Å². The molecule has 0 aliphatic rings. The number of rotatable bonds is 2. The molecule has 0 heterocycles. The maximum atomic E-state index is 12.3. The molecule has 2 aromatic carbocycles. The van der Waals surface area contributed by atoms with Crippen molar-refractivity contribution < 1.29 is 17.9 Å². The highest BCUT2D eigenvalue weighted by atomic mass is 35.5. The summed E-state index contributed by atoms with van der Waals surface area (Å²) >= 11 is 5.86. The van der Waals surface area contributed by atoms with Crippen molar-refractivity contribution in [1.29, 1.82) is 0 Å². The van der Waals surface area contributed by atoms with E-state index in [2.05, 4.69) is 4.74 Å². The zero-order valence-electron chi connectivity index (χ0n) is 9.54. The quantitative estimate of drug-likeness (QED) is 0.826. The average Bonchev–Trinajstić information content (AvgIpc) is 2.31. The van der Waals surface area contributed by atoms with Gasteiger partial charge in [-0.15, -0.1) is 13.2 Å². The molecule has 2 aromatic rings. The molecule has 0 aliphatic heterocycles. The summed E-state index contributed by atoms with van der Waals surface area (Å²) in [5.41, 5.74) is 6.72. The summed E-state index contributed by atoms with van der Waals surface area (Å²) < 4.78 is 40.9. The molecule has 100 valence electrons. The molecule has 0 atom stereocenters. The van der Waals surface area contributed by atoms with Crippen molar-refractivity contribution in [3.63, 3.8) is 0 Å². The summed E-state index contributed by atoms with van der Waals surface area (Å²) in [6.07, 6.45) is -4.74. The SMILES string of the molecule is Nc1ccc(-c2ccccc2OC(F)(F)F)cc1Cl. The lowest BCUT2D eigenvalue weighted by Crippen LogP contribution is -2.17. The number of para-hydroxylation sites is 1. The van der Waals surface area contributed by atoms with Crippen molar-refractivity contribution in [3.8, 4) is 16.9 Å². The molecule has 0 unspecified atom stereocenters. The van der Waals surface area contributed by atoms with Gasteiger partial charge in [0.1, 0.15) is 5.75 Å². The molecule has 2 N–H and O–H groups in total. The van der Waals surface area contributed by atoms with E-state index in [1.165, 1.54) is 30.3 Å². The first-order valence-corrected chi connectivity index (χ1v) is 5.65. The van der Waals surface area contributed by atoms with Gasteiger partial charge in [0.05, 0.1) is 10.7 Å². The first-order chi connectivity index (χ1) is 8.87. The Kier molecular flexibility index (Phi) is 3.57. The summed E-state index contributed by atoms with van der Waals surface area (Å²) in [6.45, 7) is 0. The minimum absolute atomic E-state index is 0.277. The van der Waals surface area contributed by atoms with Crippen molar-refractivity contribution in [2.75, 3.05) is 5.73 Å². The van der Waals surface area contributed by atoms with Gasteiger partial charge in [-0.25, -0.2) is 0 Å². The monoisotopic (exact) mass is 287 g/mol. The van der Waals surface area contributed by atoms with Crippen LogP contribution in [-0.4, -0.2) is 6.36 Å². The van der Waals surface area contributed by atoms with Gasteiger partial charge in [-0.1, -0.05) is 35.9 Å². The molecule has 0 saturated heterocycles. The van der Waals surface area contributed by atoms with Gasteiger partial charge in [0.25, 0.3) is 0 Å². The highest BCUT2D eigenvalue weighted by molar-refractivity contribution is 6.33. The molecule has 0 saturated carbocycles. The number of benzene rings is 2. The molecule has 2 rings (SSSR count). The fraction of sp³-hybridized carbons (Fsp3) is 0.0769. The second-order valence-electron chi connectivity index (χ2n) is 3.78. The minimum Gasteiger partial charge on any atom is -0.405 e. The number of anilines is 1. The maximum Gasteiger partial charge on any atom is 0.573 e. The number of hydrogen-bond acceptors (Lipinski definition) is 2. The van der Waals surface area contributed by atoms with Crippen LogP contribution in [0.1, 0.15) is 0 Å². The van der Waals surface area contributed by atoms with Crippen LogP contribution in [0.25, 0.3) is 11.1 Å². The van der Waals surface area contributed by atoms with Gasteiger partial charge in [0, 0.05) is 5.56 Å². The van der Waals surface area contributed by atoms with Gasteiger partial charge in [0.15, 0.2) is 0 Å². The Balaban J connectivity index is 2.47. The highest BCUT2D eigenvalue weighted by Gasteiger charge is 2.32. The predicted molar refractivity (Wildman–Crippen MR) is 68.0 cm³/mol. The largest absolute Gasteiger partial charge is 0.573 e. The number of nitrogens with two attached hydrogens (primary N) is 1. The van der Waals surface area contributed by atoms with E-state index in [1.807, 2.05) is 0 Å². The molecule has 0 bridgehead atoms. The first kappa shape index (κ1) is 13.5. The van der Waals surface area contributed by atoms with Crippen LogP contribution in [-0.2, 0) is 0 Å². The topological polar surface area (TPSA) is 35.2 Å². The molecule has 0 fully saturated rings. The lowest BCUT2D eigenvalue weighted by atomic mass is 10.0. The standard InChI is InChI=1S/C13H9ClF3NO/c14-10-7-8(5-6-11(10)18)9-3-1-2-4-12(9)19-13(15,16)17/h1-7H,18H2. The summed E-state index contributed by atoms with van der Waals surface area (Å²) in [5, 5.41) is 0.277. The fourth-order valence-electron chi connectivity index (χ4n) is 1.61. The second kappa shape index (κ2) is 5.01. The molecule has 2 nitrogen and oxygen atoms in total. The Morgan fingerprint density at radius 3 is 2.37 bits per heavy atom. The second-order valence-corrected chi connectivity index (χ2v) is 4.19. The Morgan fingerprint density at radius 2 is 1.74 bits per heavy atom. The fourth-order valence-corrected chi connectivity index (χ4v) is 1.79. The summed E-state index contributed by atoms with van der Waals surface area (Å²) in [6, 6.07) is 10.4. The lowest BCUT2D eigenvalue weighted by Gasteiger charge is -2.13. The van der Waals surface area contributed by atoms with Gasteiger partial charge in [-0.2, -0.15) is 0 Å².